The molecule has 0 bridgehead atoms. The van der Waals surface area contributed by atoms with Gasteiger partial charge in [-0.2, -0.15) is 13.2 Å². The van der Waals surface area contributed by atoms with Crippen molar-refractivity contribution in [1.82, 2.24) is 5.32 Å². The molecule has 0 aromatic carbocycles. The van der Waals surface area contributed by atoms with Crippen molar-refractivity contribution < 1.29 is 23.4 Å². The van der Waals surface area contributed by atoms with Crippen LogP contribution in [0.25, 0.3) is 0 Å². The van der Waals surface area contributed by atoms with E-state index in [0.29, 0.717) is 6.08 Å². The van der Waals surface area contributed by atoms with Crippen LogP contribution in [0, 0.1) is 0 Å². The first kappa shape index (κ1) is 12.4. The Bertz CT molecular complexity index is 337. The summed E-state index contributed by atoms with van der Waals surface area (Å²) in [5, 5.41) is 19.6. The van der Waals surface area contributed by atoms with Crippen LogP contribution in [-0.4, -0.2) is 28.7 Å². The van der Waals surface area contributed by atoms with Gasteiger partial charge in [0.15, 0.2) is 0 Å². The molecule has 1 aliphatic rings. The third-order valence-electron chi connectivity index (χ3n) is 2.04. The fourth-order valence-electron chi connectivity index (χ4n) is 1.19. The van der Waals surface area contributed by atoms with Crippen LogP contribution in [-0.2, 0) is 0 Å². The van der Waals surface area contributed by atoms with Crippen molar-refractivity contribution in [3.8, 4) is 0 Å². The Morgan fingerprint density at radius 2 is 2.07 bits per heavy atom. The van der Waals surface area contributed by atoms with E-state index in [-0.39, 0.29) is 16.3 Å². The second kappa shape index (κ2) is 3.70. The van der Waals surface area contributed by atoms with E-state index in [1.165, 1.54) is 6.92 Å². The van der Waals surface area contributed by atoms with E-state index in [1.807, 2.05) is 5.32 Å². The number of hydrogen-bond acceptors (Lipinski definition) is 3. The molecular weight excluding hydrogens is 235 g/mol. The molecule has 0 aliphatic carbocycles. The van der Waals surface area contributed by atoms with Gasteiger partial charge in [0.25, 0.3) is 5.72 Å². The number of rotatable bonds is 1. The van der Waals surface area contributed by atoms with Crippen LogP contribution in [0.4, 0.5) is 13.2 Å². The normalized spacial score (nSPS) is 27.5. The summed E-state index contributed by atoms with van der Waals surface area (Å²) in [5.41, 5.74) is -3.05. The van der Waals surface area contributed by atoms with Gasteiger partial charge in [-0.15, -0.1) is 0 Å². The van der Waals surface area contributed by atoms with Crippen LogP contribution < -0.4 is 5.32 Å². The van der Waals surface area contributed by atoms with E-state index in [2.05, 4.69) is 0 Å². The van der Waals surface area contributed by atoms with Gasteiger partial charge in [-0.25, -0.2) is 0 Å². The molecule has 0 saturated carbocycles. The lowest BCUT2D eigenvalue weighted by Crippen LogP contribution is -2.56. The average molecular weight is 244 g/mol. The third-order valence-corrected chi connectivity index (χ3v) is 2.38. The smallest absolute Gasteiger partial charge is 0.392 e. The Hall–Kier alpha value is -0.720. The van der Waals surface area contributed by atoms with Crippen LogP contribution in [0.3, 0.4) is 0 Å². The molecule has 1 heterocycles. The highest BCUT2D eigenvalue weighted by Crippen LogP contribution is 2.36. The molecule has 3 nitrogen and oxygen atoms in total. The van der Waals surface area contributed by atoms with Crippen molar-refractivity contribution in [2.45, 2.75) is 18.8 Å². The number of dihydropyridines is 1. The largest absolute Gasteiger partial charge is 0.440 e. The van der Waals surface area contributed by atoms with Crippen molar-refractivity contribution in [3.05, 3.63) is 22.4 Å². The zero-order valence-corrected chi connectivity index (χ0v) is 8.45. The lowest BCUT2D eigenvalue weighted by molar-refractivity contribution is -0.249. The molecular formula is C8H9ClF3NO2. The molecule has 0 fully saturated rings. The molecule has 1 rings (SSSR count). The summed E-state index contributed by atoms with van der Waals surface area (Å²) in [6.45, 7) is 0.791. The molecule has 0 radical (unpaired) electrons. The van der Waals surface area contributed by atoms with E-state index in [9.17, 15) is 18.3 Å². The molecule has 3 N–H and O–H groups in total. The van der Waals surface area contributed by atoms with Gasteiger partial charge in [0, 0.05) is 16.3 Å². The minimum atomic E-state index is -4.88. The minimum Gasteiger partial charge on any atom is -0.392 e. The van der Waals surface area contributed by atoms with Crippen molar-refractivity contribution in [2.75, 3.05) is 6.61 Å². The third kappa shape index (κ3) is 2.11. The highest BCUT2D eigenvalue weighted by atomic mass is 35.5. The van der Waals surface area contributed by atoms with E-state index >= 15 is 0 Å². The van der Waals surface area contributed by atoms with Gasteiger partial charge in [0.1, 0.15) is 0 Å². The van der Waals surface area contributed by atoms with E-state index < -0.39 is 18.5 Å². The number of aliphatic hydroxyl groups is 2. The lowest BCUT2D eigenvalue weighted by Gasteiger charge is -2.33. The topological polar surface area (TPSA) is 52.5 Å². The first-order valence-electron chi connectivity index (χ1n) is 3.98. The number of aliphatic hydroxyl groups excluding tert-OH is 1. The predicted octanol–water partition coefficient (Wildman–Crippen LogP) is 1.23. The molecule has 86 valence electrons. The van der Waals surface area contributed by atoms with Gasteiger partial charge >= 0.3 is 6.18 Å². The lowest BCUT2D eigenvalue weighted by atomic mass is 10.0. The summed E-state index contributed by atoms with van der Waals surface area (Å²) in [7, 11) is 0. The second-order valence-corrected chi connectivity index (χ2v) is 3.55. The Labute approximate surface area is 88.8 Å². The maximum Gasteiger partial charge on any atom is 0.440 e. The minimum absolute atomic E-state index is 0.00942. The molecule has 1 atom stereocenters. The predicted molar refractivity (Wildman–Crippen MR) is 47.9 cm³/mol. The highest BCUT2D eigenvalue weighted by molar-refractivity contribution is 6.32. The second-order valence-electron chi connectivity index (χ2n) is 3.14. The summed E-state index contributed by atoms with van der Waals surface area (Å²) in [6.07, 6.45) is -4.46. The fraction of sp³-hybridized carbons (Fsp3) is 0.500. The molecule has 0 spiro atoms. The van der Waals surface area contributed by atoms with Crippen molar-refractivity contribution in [1.29, 1.82) is 0 Å². The molecule has 0 saturated heterocycles. The van der Waals surface area contributed by atoms with Crippen molar-refractivity contribution in [3.63, 3.8) is 0 Å². The Morgan fingerprint density at radius 3 is 2.40 bits per heavy atom. The number of allylic oxidation sites excluding steroid dienone is 1. The van der Waals surface area contributed by atoms with Crippen LogP contribution in [0.2, 0.25) is 0 Å². The Kier molecular flexibility index (Phi) is 3.04. The quantitative estimate of drug-likeness (QED) is 0.649. The van der Waals surface area contributed by atoms with Gasteiger partial charge in [0.2, 0.25) is 0 Å². The molecule has 7 heteroatoms. The maximum atomic E-state index is 12.4. The van der Waals surface area contributed by atoms with Gasteiger partial charge in [-0.1, -0.05) is 11.6 Å². The standard InChI is InChI=1S/C8H9ClF3NO2/c1-4-5(3-14)6(9)2-7(15,13-4)8(10,11)12/h2,13-15H,3H2,1H3. The van der Waals surface area contributed by atoms with E-state index in [1.54, 1.807) is 0 Å². The number of alkyl halides is 3. The molecule has 1 unspecified atom stereocenters. The van der Waals surface area contributed by atoms with Gasteiger partial charge < -0.3 is 15.5 Å². The number of nitrogens with one attached hydrogen (secondary N) is 1. The maximum absolute atomic E-state index is 12.4. The first-order valence-corrected chi connectivity index (χ1v) is 4.35. The van der Waals surface area contributed by atoms with Gasteiger partial charge in [0.05, 0.1) is 6.61 Å². The van der Waals surface area contributed by atoms with Gasteiger partial charge in [-0.3, -0.25) is 0 Å². The molecule has 15 heavy (non-hydrogen) atoms. The van der Waals surface area contributed by atoms with Crippen LogP contribution in [0.1, 0.15) is 6.92 Å². The van der Waals surface area contributed by atoms with E-state index in [0.717, 1.165) is 0 Å². The summed E-state index contributed by atoms with van der Waals surface area (Å²) in [6, 6.07) is 0. The number of halogens is 4. The van der Waals surface area contributed by atoms with Crippen LogP contribution in [0.15, 0.2) is 22.4 Å². The average Bonchev–Trinajstić information content (AvgIpc) is 2.00. The van der Waals surface area contributed by atoms with Crippen LogP contribution >= 0.6 is 11.6 Å². The highest BCUT2D eigenvalue weighted by Gasteiger charge is 2.54. The van der Waals surface area contributed by atoms with E-state index in [4.69, 9.17) is 16.7 Å². The monoisotopic (exact) mass is 243 g/mol. The summed E-state index contributed by atoms with van der Waals surface area (Å²) < 4.78 is 37.2. The zero-order valence-electron chi connectivity index (χ0n) is 7.69. The van der Waals surface area contributed by atoms with Crippen LogP contribution in [0.5, 0.6) is 0 Å². The molecule has 1 aliphatic heterocycles. The first-order chi connectivity index (χ1) is 6.71. The molecule has 0 aromatic heterocycles. The summed E-state index contributed by atoms with van der Waals surface area (Å²) >= 11 is 5.51. The molecule has 0 aromatic rings. The fourth-order valence-corrected chi connectivity index (χ4v) is 1.55. The van der Waals surface area contributed by atoms with Crippen molar-refractivity contribution in [2.24, 2.45) is 0 Å². The Morgan fingerprint density at radius 1 is 1.53 bits per heavy atom. The zero-order chi connectivity index (χ0) is 11.9. The van der Waals surface area contributed by atoms with Gasteiger partial charge in [-0.05, 0) is 13.0 Å². The van der Waals surface area contributed by atoms with Crippen molar-refractivity contribution >= 4 is 11.6 Å². The summed E-state index contributed by atoms with van der Waals surface area (Å²) in [5.74, 6) is 0. The SMILES string of the molecule is CC1=C(CO)C(Cl)=CC(O)(C(F)(F)F)N1. The molecule has 0 amide bonds. The Balaban J connectivity index is 3.13. The summed E-state index contributed by atoms with van der Waals surface area (Å²) in [4.78, 5) is 0. The number of hydrogen-bond donors (Lipinski definition) is 3.